The molecular weight excluding hydrogens is 417 g/mol. The number of nitro benzene ring substituents is 1. The zero-order valence-corrected chi connectivity index (χ0v) is 16.4. The van der Waals surface area contributed by atoms with E-state index in [0.717, 1.165) is 31.5 Å². The third-order valence-corrected chi connectivity index (χ3v) is 5.93. The van der Waals surface area contributed by atoms with Crippen molar-refractivity contribution in [3.8, 4) is 0 Å². The Morgan fingerprint density at radius 3 is 2.64 bits per heavy atom. The number of nitrogens with zero attached hydrogens (tertiary/aromatic N) is 1. The summed E-state index contributed by atoms with van der Waals surface area (Å²) in [6.45, 7) is 1.08. The molecule has 0 amide bonds. The SMILES string of the molecule is COCC1(CNS(=O)(=O)c2c(Cl)cc(Cl)cc2[N+](=O)[O-])CCCN1.Cl. The lowest BCUT2D eigenvalue weighted by molar-refractivity contribution is -0.387. The van der Waals surface area contributed by atoms with Crippen LogP contribution in [-0.2, 0) is 14.8 Å². The summed E-state index contributed by atoms with van der Waals surface area (Å²) in [5, 5.41) is 14.1. The van der Waals surface area contributed by atoms with Crippen LogP contribution in [0, 0.1) is 10.1 Å². The van der Waals surface area contributed by atoms with Gasteiger partial charge in [0.15, 0.2) is 4.90 Å². The van der Waals surface area contributed by atoms with Crippen LogP contribution >= 0.6 is 35.6 Å². The molecule has 1 heterocycles. The van der Waals surface area contributed by atoms with Gasteiger partial charge in [-0.1, -0.05) is 23.2 Å². The van der Waals surface area contributed by atoms with Crippen molar-refractivity contribution in [1.82, 2.24) is 10.0 Å². The van der Waals surface area contributed by atoms with Crippen LogP contribution in [0.5, 0.6) is 0 Å². The number of nitrogens with one attached hydrogen (secondary N) is 2. The minimum absolute atomic E-state index is 0. The molecule has 0 aliphatic carbocycles. The summed E-state index contributed by atoms with van der Waals surface area (Å²) in [4.78, 5) is 9.74. The molecule has 1 atom stereocenters. The number of methoxy groups -OCH3 is 1. The van der Waals surface area contributed by atoms with Crippen LogP contribution in [0.1, 0.15) is 12.8 Å². The van der Waals surface area contributed by atoms with Crippen molar-refractivity contribution in [3.63, 3.8) is 0 Å². The van der Waals surface area contributed by atoms with Crippen molar-refractivity contribution in [2.75, 3.05) is 26.8 Å². The molecule has 0 bridgehead atoms. The van der Waals surface area contributed by atoms with Gasteiger partial charge < -0.3 is 10.1 Å². The van der Waals surface area contributed by atoms with E-state index >= 15 is 0 Å². The topological polar surface area (TPSA) is 111 Å². The van der Waals surface area contributed by atoms with Gasteiger partial charge in [-0.2, -0.15) is 0 Å². The summed E-state index contributed by atoms with van der Waals surface area (Å²) in [6.07, 6.45) is 1.60. The molecule has 0 saturated carbocycles. The third kappa shape index (κ3) is 5.16. The van der Waals surface area contributed by atoms with Gasteiger partial charge in [0.1, 0.15) is 0 Å². The number of sulfonamides is 1. The van der Waals surface area contributed by atoms with Gasteiger partial charge in [-0.3, -0.25) is 10.1 Å². The van der Waals surface area contributed by atoms with Gasteiger partial charge in [0.25, 0.3) is 5.69 Å². The average Bonchev–Trinajstić information content (AvgIpc) is 2.93. The number of nitro groups is 1. The Labute approximate surface area is 161 Å². The van der Waals surface area contributed by atoms with Crippen LogP contribution in [0.4, 0.5) is 5.69 Å². The lowest BCUT2D eigenvalue weighted by Crippen LogP contribution is -2.52. The first-order valence-electron chi connectivity index (χ1n) is 7.08. The van der Waals surface area contributed by atoms with Crippen molar-refractivity contribution >= 4 is 51.3 Å². The van der Waals surface area contributed by atoms with Crippen LogP contribution in [-0.4, -0.2) is 45.7 Å². The smallest absolute Gasteiger partial charge is 0.292 e. The number of halogens is 3. The van der Waals surface area contributed by atoms with E-state index in [1.54, 1.807) is 0 Å². The average molecular weight is 435 g/mol. The minimum atomic E-state index is -4.21. The molecular formula is C13H18Cl3N3O5S. The fraction of sp³-hybridized carbons (Fsp3) is 0.538. The van der Waals surface area contributed by atoms with Crippen LogP contribution in [0.25, 0.3) is 0 Å². The summed E-state index contributed by atoms with van der Waals surface area (Å²) in [5.74, 6) is 0. The first-order valence-corrected chi connectivity index (χ1v) is 9.32. The zero-order valence-electron chi connectivity index (χ0n) is 13.3. The molecule has 1 aromatic carbocycles. The van der Waals surface area contributed by atoms with Crippen molar-refractivity contribution in [2.45, 2.75) is 23.3 Å². The minimum Gasteiger partial charge on any atom is -0.383 e. The van der Waals surface area contributed by atoms with Gasteiger partial charge in [0.05, 0.1) is 22.1 Å². The molecule has 2 rings (SSSR count). The third-order valence-electron chi connectivity index (χ3n) is 3.81. The van der Waals surface area contributed by atoms with E-state index in [1.165, 1.54) is 7.11 Å². The summed E-state index contributed by atoms with van der Waals surface area (Å²) in [6, 6.07) is 2.12. The molecule has 2 N–H and O–H groups in total. The van der Waals surface area contributed by atoms with E-state index in [4.69, 9.17) is 27.9 Å². The quantitative estimate of drug-likeness (QED) is 0.503. The standard InChI is InChI=1S/C13H17Cl2N3O5S.ClH/c1-23-8-13(3-2-4-16-13)7-17-24(21,22)12-10(15)5-9(14)6-11(12)18(19)20;/h5-6,16-17H,2-4,7-8H2,1H3;1H. The molecule has 25 heavy (non-hydrogen) atoms. The van der Waals surface area contributed by atoms with Gasteiger partial charge in [0, 0.05) is 24.7 Å². The summed E-state index contributed by atoms with van der Waals surface area (Å²) in [7, 11) is -2.68. The second-order valence-corrected chi connectivity index (χ2v) is 8.11. The van der Waals surface area contributed by atoms with E-state index in [2.05, 4.69) is 10.0 Å². The van der Waals surface area contributed by atoms with Gasteiger partial charge in [-0.05, 0) is 25.5 Å². The Morgan fingerprint density at radius 1 is 1.44 bits per heavy atom. The van der Waals surface area contributed by atoms with E-state index in [1.807, 2.05) is 0 Å². The van der Waals surface area contributed by atoms with Crippen LogP contribution in [0.2, 0.25) is 10.0 Å². The Morgan fingerprint density at radius 2 is 2.12 bits per heavy atom. The molecule has 0 spiro atoms. The van der Waals surface area contributed by atoms with Crippen molar-refractivity contribution in [3.05, 3.63) is 32.3 Å². The van der Waals surface area contributed by atoms with Crippen molar-refractivity contribution in [1.29, 1.82) is 0 Å². The molecule has 0 radical (unpaired) electrons. The van der Waals surface area contributed by atoms with Gasteiger partial charge in [-0.25, -0.2) is 13.1 Å². The molecule has 12 heteroatoms. The maximum absolute atomic E-state index is 12.6. The van der Waals surface area contributed by atoms with E-state index in [0.29, 0.717) is 6.61 Å². The van der Waals surface area contributed by atoms with Crippen LogP contribution in [0.3, 0.4) is 0 Å². The highest BCUT2D eigenvalue weighted by Gasteiger charge is 2.37. The maximum atomic E-state index is 12.6. The lowest BCUT2D eigenvalue weighted by Gasteiger charge is -2.28. The summed E-state index contributed by atoms with van der Waals surface area (Å²) < 4.78 is 32.7. The molecule has 0 aromatic heterocycles. The van der Waals surface area contributed by atoms with Crippen LogP contribution in [0.15, 0.2) is 17.0 Å². The second-order valence-electron chi connectivity index (χ2n) is 5.56. The molecule has 1 unspecified atom stereocenters. The number of ether oxygens (including phenoxy) is 1. The highest BCUT2D eigenvalue weighted by Crippen LogP contribution is 2.34. The first-order chi connectivity index (χ1) is 11.2. The Kier molecular flexibility index (Phi) is 7.88. The predicted octanol–water partition coefficient (Wildman–Crippen LogP) is 2.37. The predicted molar refractivity (Wildman–Crippen MR) is 97.4 cm³/mol. The van der Waals surface area contributed by atoms with Gasteiger partial charge in [0.2, 0.25) is 10.0 Å². The van der Waals surface area contributed by atoms with Crippen LogP contribution < -0.4 is 10.0 Å². The van der Waals surface area contributed by atoms with E-state index < -0.39 is 31.1 Å². The Balaban J connectivity index is 0.00000312. The van der Waals surface area contributed by atoms with Gasteiger partial charge >= 0.3 is 0 Å². The maximum Gasteiger partial charge on any atom is 0.292 e. The number of benzene rings is 1. The largest absolute Gasteiger partial charge is 0.383 e. The van der Waals surface area contributed by atoms with E-state index in [-0.39, 0.29) is 29.0 Å². The highest BCUT2D eigenvalue weighted by atomic mass is 35.5. The number of hydrogen-bond acceptors (Lipinski definition) is 6. The Bertz CT molecular complexity index is 739. The van der Waals surface area contributed by atoms with E-state index in [9.17, 15) is 18.5 Å². The fourth-order valence-electron chi connectivity index (χ4n) is 2.72. The number of hydrogen-bond donors (Lipinski definition) is 2. The summed E-state index contributed by atoms with van der Waals surface area (Å²) in [5.41, 5.74) is -1.21. The molecule has 1 saturated heterocycles. The normalized spacial score (nSPS) is 20.3. The molecule has 8 nitrogen and oxygen atoms in total. The van der Waals surface area contributed by atoms with Crippen molar-refractivity contribution in [2.24, 2.45) is 0 Å². The molecule has 142 valence electrons. The monoisotopic (exact) mass is 433 g/mol. The molecule has 1 aliphatic heterocycles. The number of rotatable bonds is 7. The highest BCUT2D eigenvalue weighted by molar-refractivity contribution is 7.89. The van der Waals surface area contributed by atoms with Crippen molar-refractivity contribution < 1.29 is 18.1 Å². The van der Waals surface area contributed by atoms with Gasteiger partial charge in [-0.15, -0.1) is 12.4 Å². The molecule has 1 aliphatic rings. The molecule has 1 fully saturated rings. The fourth-order valence-corrected chi connectivity index (χ4v) is 4.85. The summed E-state index contributed by atoms with van der Waals surface area (Å²) >= 11 is 11.6. The zero-order chi connectivity index (χ0) is 18.0. The first kappa shape index (κ1) is 22.4. The lowest BCUT2D eigenvalue weighted by atomic mass is 9.99. The molecule has 1 aromatic rings. The Hall–Kier alpha value is -0.680. The second kappa shape index (κ2) is 8.81.